The molecule has 0 saturated carbocycles. The highest BCUT2D eigenvalue weighted by Gasteiger charge is 2.17. The summed E-state index contributed by atoms with van der Waals surface area (Å²) in [5.74, 6) is -0.759. The predicted molar refractivity (Wildman–Crippen MR) is 99.8 cm³/mol. The molecule has 8 nitrogen and oxygen atoms in total. The van der Waals surface area contributed by atoms with Gasteiger partial charge in [0.15, 0.2) is 0 Å². The average Bonchev–Trinajstić information content (AvgIpc) is 2.50. The monoisotopic (exact) mass is 392 g/mol. The lowest BCUT2D eigenvalue weighted by Crippen LogP contribution is -2.46. The number of nitrogens with two attached hydrogens (primary N) is 1. The summed E-state index contributed by atoms with van der Waals surface area (Å²) < 4.78 is 24.4. The van der Waals surface area contributed by atoms with Crippen LogP contribution in [0.25, 0.3) is 0 Å². The van der Waals surface area contributed by atoms with Crippen LogP contribution in [0.4, 0.5) is 5.69 Å². The molecule has 0 spiro atoms. The van der Waals surface area contributed by atoms with E-state index >= 15 is 0 Å². The van der Waals surface area contributed by atoms with Crippen LogP contribution in [0.3, 0.4) is 0 Å². The molecule has 1 rings (SSSR count). The van der Waals surface area contributed by atoms with Gasteiger partial charge in [-0.15, -0.1) is 12.4 Å². The molecule has 0 saturated heterocycles. The van der Waals surface area contributed by atoms with E-state index in [0.717, 1.165) is 11.8 Å². The van der Waals surface area contributed by atoms with Gasteiger partial charge in [0.25, 0.3) is 0 Å². The van der Waals surface area contributed by atoms with Crippen molar-refractivity contribution in [3.8, 4) is 0 Å². The van der Waals surface area contributed by atoms with Crippen LogP contribution in [0, 0.1) is 5.92 Å². The first-order valence-corrected chi connectivity index (χ1v) is 9.34. The number of sulfonamides is 1. The number of halogens is 1. The molecule has 25 heavy (non-hydrogen) atoms. The third-order valence-electron chi connectivity index (χ3n) is 3.22. The van der Waals surface area contributed by atoms with Gasteiger partial charge in [-0.05, 0) is 23.6 Å². The molecule has 5 N–H and O–H groups in total. The fourth-order valence-corrected chi connectivity index (χ4v) is 2.14. The Labute approximate surface area is 154 Å². The van der Waals surface area contributed by atoms with Gasteiger partial charge >= 0.3 is 0 Å². The third-order valence-corrected chi connectivity index (χ3v) is 3.89. The second kappa shape index (κ2) is 10.3. The topological polar surface area (TPSA) is 130 Å². The van der Waals surface area contributed by atoms with Crippen molar-refractivity contribution in [2.75, 3.05) is 18.1 Å². The van der Waals surface area contributed by atoms with Crippen molar-refractivity contribution >= 4 is 39.9 Å². The summed E-state index contributed by atoms with van der Waals surface area (Å²) in [4.78, 5) is 23.5. The lowest BCUT2D eigenvalue weighted by molar-refractivity contribution is -0.125. The van der Waals surface area contributed by atoms with E-state index in [1.54, 1.807) is 24.3 Å². The van der Waals surface area contributed by atoms with Crippen LogP contribution >= 0.6 is 12.4 Å². The van der Waals surface area contributed by atoms with E-state index in [0.29, 0.717) is 5.69 Å². The Morgan fingerprint density at radius 2 is 1.72 bits per heavy atom. The standard InChI is InChI=1S/C15H24N4O4S.ClH/c1-10(2)14(16)15(21)17-9-13(20)19-12-6-4-11(5-7-12)8-18-24(3,22)23;/h4-7,10,14,18H,8-9,16H2,1-3H3,(H,17,21)(H,19,20);1H/t14-;/m0./s1. The minimum absolute atomic E-state index is 0. The Morgan fingerprint density at radius 1 is 1.16 bits per heavy atom. The normalized spacial score (nSPS) is 12.2. The fraction of sp³-hybridized carbons (Fsp3) is 0.467. The van der Waals surface area contributed by atoms with Crippen molar-refractivity contribution in [1.29, 1.82) is 0 Å². The minimum Gasteiger partial charge on any atom is -0.346 e. The molecule has 1 atom stereocenters. The number of benzene rings is 1. The number of nitrogens with one attached hydrogen (secondary N) is 3. The molecular weight excluding hydrogens is 368 g/mol. The van der Waals surface area contributed by atoms with E-state index in [1.165, 1.54) is 0 Å². The van der Waals surface area contributed by atoms with Crippen molar-refractivity contribution in [3.63, 3.8) is 0 Å². The summed E-state index contributed by atoms with van der Waals surface area (Å²) in [6, 6.07) is 6.04. The molecule has 0 fully saturated rings. The summed E-state index contributed by atoms with van der Waals surface area (Å²) in [6.07, 6.45) is 1.08. The van der Waals surface area contributed by atoms with Crippen LogP contribution in [0.5, 0.6) is 0 Å². The highest BCUT2D eigenvalue weighted by atomic mass is 35.5. The lowest BCUT2D eigenvalue weighted by atomic mass is 10.1. The molecule has 1 aromatic rings. The van der Waals surface area contributed by atoms with Crippen molar-refractivity contribution < 1.29 is 18.0 Å². The van der Waals surface area contributed by atoms with Gasteiger partial charge in [-0.1, -0.05) is 26.0 Å². The summed E-state index contributed by atoms with van der Waals surface area (Å²) in [7, 11) is -3.25. The SMILES string of the molecule is CC(C)[C@H](N)C(=O)NCC(=O)Nc1ccc(CNS(C)(=O)=O)cc1.Cl. The molecule has 0 aromatic heterocycles. The summed E-state index contributed by atoms with van der Waals surface area (Å²) in [5.41, 5.74) is 6.99. The quantitative estimate of drug-likeness (QED) is 0.502. The van der Waals surface area contributed by atoms with Crippen molar-refractivity contribution in [2.45, 2.75) is 26.4 Å². The maximum absolute atomic E-state index is 11.8. The van der Waals surface area contributed by atoms with E-state index < -0.39 is 16.1 Å². The molecule has 0 bridgehead atoms. The summed E-state index contributed by atoms with van der Waals surface area (Å²) >= 11 is 0. The van der Waals surface area contributed by atoms with Crippen LogP contribution in [-0.2, 0) is 26.2 Å². The van der Waals surface area contributed by atoms with Gasteiger partial charge in [0.1, 0.15) is 0 Å². The molecule has 2 amide bonds. The number of hydrogen-bond acceptors (Lipinski definition) is 5. The zero-order valence-electron chi connectivity index (χ0n) is 14.4. The Kier molecular flexibility index (Phi) is 9.65. The minimum atomic E-state index is -3.25. The van der Waals surface area contributed by atoms with Gasteiger partial charge in [-0.3, -0.25) is 9.59 Å². The zero-order chi connectivity index (χ0) is 18.3. The van der Waals surface area contributed by atoms with E-state index in [1.807, 2.05) is 13.8 Å². The largest absolute Gasteiger partial charge is 0.346 e. The van der Waals surface area contributed by atoms with Crippen LogP contribution < -0.4 is 21.1 Å². The predicted octanol–water partition coefficient (Wildman–Crippen LogP) is 0.196. The van der Waals surface area contributed by atoms with E-state index in [4.69, 9.17) is 5.73 Å². The molecule has 142 valence electrons. The molecule has 0 heterocycles. The molecule has 0 radical (unpaired) electrons. The van der Waals surface area contributed by atoms with Gasteiger partial charge in [0, 0.05) is 12.2 Å². The third kappa shape index (κ3) is 9.40. The van der Waals surface area contributed by atoms with Crippen LogP contribution in [0.2, 0.25) is 0 Å². The van der Waals surface area contributed by atoms with Gasteiger partial charge in [-0.2, -0.15) is 0 Å². The second-order valence-corrected chi connectivity index (χ2v) is 7.66. The van der Waals surface area contributed by atoms with Crippen LogP contribution in [0.15, 0.2) is 24.3 Å². The van der Waals surface area contributed by atoms with E-state index in [-0.39, 0.29) is 43.2 Å². The van der Waals surface area contributed by atoms with Crippen molar-refractivity contribution in [2.24, 2.45) is 11.7 Å². The number of hydrogen-bond donors (Lipinski definition) is 4. The molecule has 1 aromatic carbocycles. The number of carbonyl (C=O) groups excluding carboxylic acids is 2. The first-order valence-electron chi connectivity index (χ1n) is 7.45. The molecule has 10 heteroatoms. The average molecular weight is 393 g/mol. The number of carbonyl (C=O) groups is 2. The highest BCUT2D eigenvalue weighted by Crippen LogP contribution is 2.09. The Hall–Kier alpha value is -1.68. The van der Waals surface area contributed by atoms with E-state index in [2.05, 4.69) is 15.4 Å². The highest BCUT2D eigenvalue weighted by molar-refractivity contribution is 7.88. The smallest absolute Gasteiger partial charge is 0.243 e. The molecule has 0 aliphatic rings. The van der Waals surface area contributed by atoms with Gasteiger partial charge in [0.2, 0.25) is 21.8 Å². The summed E-state index contributed by atoms with van der Waals surface area (Å²) in [6.45, 7) is 3.65. The maximum atomic E-state index is 11.8. The lowest BCUT2D eigenvalue weighted by Gasteiger charge is -2.15. The zero-order valence-corrected chi connectivity index (χ0v) is 16.0. The Morgan fingerprint density at radius 3 is 2.20 bits per heavy atom. The molecule has 0 unspecified atom stereocenters. The number of anilines is 1. The first-order chi connectivity index (χ1) is 11.1. The maximum Gasteiger partial charge on any atom is 0.243 e. The van der Waals surface area contributed by atoms with Gasteiger partial charge in [-0.25, -0.2) is 13.1 Å². The fourth-order valence-electron chi connectivity index (χ4n) is 1.71. The second-order valence-electron chi connectivity index (χ2n) is 5.83. The number of rotatable bonds is 8. The van der Waals surface area contributed by atoms with Crippen molar-refractivity contribution in [3.05, 3.63) is 29.8 Å². The van der Waals surface area contributed by atoms with E-state index in [9.17, 15) is 18.0 Å². The summed E-state index contributed by atoms with van der Waals surface area (Å²) in [5, 5.41) is 5.11. The molecule has 0 aliphatic heterocycles. The van der Waals surface area contributed by atoms with Crippen LogP contribution in [-0.4, -0.2) is 39.1 Å². The van der Waals surface area contributed by atoms with Crippen molar-refractivity contribution in [1.82, 2.24) is 10.0 Å². The number of amides is 2. The van der Waals surface area contributed by atoms with Gasteiger partial charge < -0.3 is 16.4 Å². The molecular formula is C15H25ClN4O4S. The Balaban J connectivity index is 0.00000576. The Bertz CT molecular complexity index is 677. The van der Waals surface area contributed by atoms with Crippen LogP contribution in [0.1, 0.15) is 19.4 Å². The van der Waals surface area contributed by atoms with Gasteiger partial charge in [0.05, 0.1) is 18.8 Å². The first kappa shape index (κ1) is 23.3. The molecule has 0 aliphatic carbocycles.